The van der Waals surface area contributed by atoms with Gasteiger partial charge in [-0.25, -0.2) is 9.78 Å². The van der Waals surface area contributed by atoms with E-state index in [2.05, 4.69) is 87.1 Å². The van der Waals surface area contributed by atoms with Crippen molar-refractivity contribution in [2.24, 2.45) is 0 Å². The predicted octanol–water partition coefficient (Wildman–Crippen LogP) is 13.8. The van der Waals surface area contributed by atoms with Crippen LogP contribution < -0.4 is 14.8 Å². The maximum Gasteiger partial charge on any atom is 0.317 e. The zero-order valence-corrected chi connectivity index (χ0v) is 38.7. The number of rotatable bonds is 14. The van der Waals surface area contributed by atoms with Crippen LogP contribution in [0.15, 0.2) is 103 Å². The zero-order chi connectivity index (χ0) is 43.6. The van der Waals surface area contributed by atoms with E-state index in [-0.39, 0.29) is 24.0 Å². The van der Waals surface area contributed by atoms with Crippen LogP contribution in [0, 0.1) is 0 Å². The second-order valence-corrected chi connectivity index (χ2v) is 13.9. The van der Waals surface area contributed by atoms with Crippen molar-refractivity contribution < 1.29 is 14.3 Å². The van der Waals surface area contributed by atoms with Crippen molar-refractivity contribution in [2.75, 3.05) is 26.2 Å². The predicted molar refractivity (Wildman–Crippen MR) is 252 cm³/mol. The summed E-state index contributed by atoms with van der Waals surface area (Å²) in [6.45, 7) is 28.7. The number of amides is 2. The van der Waals surface area contributed by atoms with Crippen molar-refractivity contribution >= 4 is 13.9 Å². The van der Waals surface area contributed by atoms with Crippen LogP contribution in [-0.2, 0) is 0 Å². The number of carbonyl (C=O) groups excluding carboxylic acids is 1. The number of nitrogens with one attached hydrogen (secondary N) is 1. The Hall–Kier alpha value is -4.20. The van der Waals surface area contributed by atoms with Gasteiger partial charge in [0.15, 0.2) is 0 Å². The van der Waals surface area contributed by atoms with Gasteiger partial charge in [-0.15, -0.1) is 0 Å². The van der Waals surface area contributed by atoms with E-state index in [0.29, 0.717) is 30.6 Å². The van der Waals surface area contributed by atoms with Gasteiger partial charge in [-0.2, -0.15) is 0 Å². The van der Waals surface area contributed by atoms with Gasteiger partial charge in [-0.3, -0.25) is 0 Å². The SMILES string of the molecule is C/C=C\C.CC.CC.CCC.O=C(NC1CC1c1ccccc1)N1CCC(Oc2cccc(Oc3ccccn3)c2)CC1.[B]C(/C=C(\C)N(CC)CCC)CCCC. The van der Waals surface area contributed by atoms with Crippen molar-refractivity contribution in [2.45, 2.75) is 158 Å². The number of benzene rings is 2. The summed E-state index contributed by atoms with van der Waals surface area (Å²) in [6.07, 6.45) is 16.7. The van der Waals surface area contributed by atoms with E-state index in [1.807, 2.05) is 107 Å². The maximum absolute atomic E-state index is 12.7. The van der Waals surface area contributed by atoms with Crippen LogP contribution in [0.4, 0.5) is 4.79 Å². The number of unbranched alkanes of at least 4 members (excludes halogenated alkanes) is 1. The van der Waals surface area contributed by atoms with Gasteiger partial charge in [0.25, 0.3) is 0 Å². The second-order valence-electron chi connectivity index (χ2n) is 13.9. The van der Waals surface area contributed by atoms with Crippen molar-refractivity contribution in [3.05, 3.63) is 108 Å². The number of allylic oxidation sites excluding steroid dienone is 4. The molecule has 1 saturated heterocycles. The Bertz CT molecular complexity index is 1460. The molecule has 2 amide bonds. The lowest BCUT2D eigenvalue weighted by molar-refractivity contribution is 0.111. The van der Waals surface area contributed by atoms with Gasteiger partial charge in [0, 0.05) is 75.0 Å². The summed E-state index contributed by atoms with van der Waals surface area (Å²) >= 11 is 0. The van der Waals surface area contributed by atoms with E-state index in [4.69, 9.17) is 17.3 Å². The quantitative estimate of drug-likeness (QED) is 0.130. The molecule has 0 bridgehead atoms. The largest absolute Gasteiger partial charge is 0.490 e. The lowest BCUT2D eigenvalue weighted by Crippen LogP contribution is -2.47. The van der Waals surface area contributed by atoms with Crippen LogP contribution in [0.5, 0.6) is 17.4 Å². The lowest BCUT2D eigenvalue weighted by Gasteiger charge is -2.32. The fourth-order valence-electron chi connectivity index (χ4n) is 5.97. The molecule has 1 aliphatic carbocycles. The average Bonchev–Trinajstić information content (AvgIpc) is 4.04. The van der Waals surface area contributed by atoms with Crippen molar-refractivity contribution in [1.29, 1.82) is 0 Å². The monoisotopic (exact) mass is 797 g/mol. The molecular weight excluding hydrogens is 715 g/mol. The standard InChI is InChI=1S/C26H27N3O3.C13H26BN.C4H8.C3H8.2C2H6/c30-26(28-24-18-23(24)19-7-2-1-3-8-19)29-15-12-20(13-16-29)31-21-9-6-10-22(17-21)32-25-11-4-5-14-27-25;1-5-8-9-13(14)11-12(4)15(7-3)10-6-2;1-3-4-2;1-3-2;2*1-2/h1-11,14,17,20,23-24H,12-13,15-16,18H2,(H,28,30);11,13H,5-10H2,1-4H3;3-4H,1-2H3;3H2,1-2H3;2*1-2H3/b;12-11+;4-3-;;;. The van der Waals surface area contributed by atoms with E-state index in [9.17, 15) is 4.79 Å². The van der Waals surface area contributed by atoms with Gasteiger partial charge < -0.3 is 24.6 Å². The second kappa shape index (κ2) is 34.8. The highest BCUT2D eigenvalue weighted by atomic mass is 16.5. The molecule has 2 radical (unpaired) electrons. The van der Waals surface area contributed by atoms with Gasteiger partial charge in [0.05, 0.1) is 7.85 Å². The molecule has 1 N–H and O–H groups in total. The van der Waals surface area contributed by atoms with Crippen LogP contribution in [0.25, 0.3) is 0 Å². The van der Waals surface area contributed by atoms with E-state index in [1.165, 1.54) is 36.9 Å². The third-order valence-corrected chi connectivity index (χ3v) is 9.08. The summed E-state index contributed by atoms with van der Waals surface area (Å²) < 4.78 is 12.0. The first-order chi connectivity index (χ1) is 28.2. The highest BCUT2D eigenvalue weighted by Gasteiger charge is 2.40. The molecule has 1 aliphatic heterocycles. The molecule has 3 aromatic rings. The number of carbonyl (C=O) groups is 1. The summed E-state index contributed by atoms with van der Waals surface area (Å²) in [6, 6.07) is 23.9. The van der Waals surface area contributed by atoms with Crippen molar-refractivity contribution in [3.8, 4) is 17.4 Å². The number of likely N-dealkylation sites (tertiary alicyclic amines) is 1. The minimum atomic E-state index is 0.0395. The topological polar surface area (TPSA) is 66.9 Å². The molecule has 2 aliphatic rings. The molecule has 2 aromatic carbocycles. The van der Waals surface area contributed by atoms with Crippen LogP contribution >= 0.6 is 0 Å². The molecule has 7 nitrogen and oxygen atoms in total. The maximum atomic E-state index is 12.7. The highest BCUT2D eigenvalue weighted by molar-refractivity contribution is 6.12. The minimum absolute atomic E-state index is 0.0395. The van der Waals surface area contributed by atoms with Gasteiger partial charge in [-0.1, -0.05) is 148 Å². The first-order valence-corrected chi connectivity index (χ1v) is 22.4. The summed E-state index contributed by atoms with van der Waals surface area (Å²) in [5, 5.41) is 3.19. The Morgan fingerprint density at radius 1 is 0.897 bits per heavy atom. The summed E-state index contributed by atoms with van der Waals surface area (Å²) in [4.78, 5) is 21.1. The van der Waals surface area contributed by atoms with Crippen LogP contribution in [0.1, 0.15) is 146 Å². The molecular formula is C50H81BN4O3. The zero-order valence-electron chi connectivity index (χ0n) is 38.7. The minimum Gasteiger partial charge on any atom is -0.490 e. The third kappa shape index (κ3) is 23.3. The number of piperidine rings is 1. The Balaban J connectivity index is 0.00000105. The van der Waals surface area contributed by atoms with Crippen LogP contribution in [-0.4, -0.2) is 67.0 Å². The molecule has 5 rings (SSSR count). The van der Waals surface area contributed by atoms with Crippen LogP contribution in [0.2, 0.25) is 5.82 Å². The van der Waals surface area contributed by atoms with Gasteiger partial charge >= 0.3 is 6.03 Å². The van der Waals surface area contributed by atoms with Gasteiger partial charge in [0.2, 0.25) is 5.88 Å². The number of ether oxygens (including phenoxy) is 2. The molecule has 3 unspecified atom stereocenters. The lowest BCUT2D eigenvalue weighted by atomic mass is 9.82. The van der Waals surface area contributed by atoms with E-state index >= 15 is 0 Å². The van der Waals surface area contributed by atoms with Crippen molar-refractivity contribution in [3.63, 3.8) is 0 Å². The molecule has 2 heterocycles. The average molecular weight is 797 g/mol. The number of hydrogen-bond donors (Lipinski definition) is 1. The number of nitrogens with zero attached hydrogens (tertiary/aromatic N) is 3. The van der Waals surface area contributed by atoms with E-state index in [1.54, 1.807) is 6.20 Å². The summed E-state index contributed by atoms with van der Waals surface area (Å²) in [7, 11) is 6.05. The number of hydrogen-bond acceptors (Lipinski definition) is 5. The third-order valence-electron chi connectivity index (χ3n) is 9.08. The number of urea groups is 1. The molecule has 8 heteroatoms. The van der Waals surface area contributed by atoms with E-state index in [0.717, 1.165) is 44.5 Å². The normalized spacial score (nSPS) is 16.1. The molecule has 3 atom stereocenters. The first-order valence-electron chi connectivity index (χ1n) is 22.4. The molecule has 1 saturated carbocycles. The Morgan fingerprint density at radius 2 is 1.52 bits per heavy atom. The fourth-order valence-corrected chi connectivity index (χ4v) is 5.97. The first kappa shape index (κ1) is 53.8. The number of pyridine rings is 1. The van der Waals surface area contributed by atoms with E-state index < -0.39 is 0 Å². The summed E-state index contributed by atoms with van der Waals surface area (Å²) in [5.41, 5.74) is 2.64. The summed E-state index contributed by atoms with van der Waals surface area (Å²) in [5.74, 6) is 2.69. The van der Waals surface area contributed by atoms with Gasteiger partial charge in [-0.05, 0) is 64.3 Å². The number of aromatic nitrogens is 1. The molecule has 1 aromatic heterocycles. The van der Waals surface area contributed by atoms with Crippen LogP contribution in [0.3, 0.4) is 0 Å². The Labute approximate surface area is 357 Å². The molecule has 0 spiro atoms. The molecule has 2 fully saturated rings. The molecule has 322 valence electrons. The van der Waals surface area contributed by atoms with Crippen molar-refractivity contribution in [1.82, 2.24) is 20.1 Å². The Kier molecular flexibility index (Phi) is 32.3. The Morgan fingerprint density at radius 3 is 2.07 bits per heavy atom. The van der Waals surface area contributed by atoms with Gasteiger partial charge in [0.1, 0.15) is 17.6 Å². The smallest absolute Gasteiger partial charge is 0.317 e. The fraction of sp³-hybridized carbons (Fsp3) is 0.560. The highest BCUT2D eigenvalue weighted by Crippen LogP contribution is 2.40. The molecule has 58 heavy (non-hydrogen) atoms.